The number of carbonyl (C=O) groups is 1. The summed E-state index contributed by atoms with van der Waals surface area (Å²) in [5.74, 6) is 4.84. The van der Waals surface area contributed by atoms with Gasteiger partial charge in [0.05, 0.1) is 0 Å². The van der Waals surface area contributed by atoms with Crippen LogP contribution >= 0.6 is 0 Å². The minimum Gasteiger partial charge on any atom is -0.479 e. The van der Waals surface area contributed by atoms with Crippen LogP contribution in [0.1, 0.15) is 18.9 Å². The van der Waals surface area contributed by atoms with Crippen molar-refractivity contribution in [3.63, 3.8) is 0 Å². The Morgan fingerprint density at radius 1 is 1.35 bits per heavy atom. The molecule has 0 bridgehead atoms. The van der Waals surface area contributed by atoms with Crippen molar-refractivity contribution in [1.29, 1.82) is 0 Å². The van der Waals surface area contributed by atoms with Crippen molar-refractivity contribution in [2.75, 3.05) is 6.61 Å². The van der Waals surface area contributed by atoms with Crippen molar-refractivity contribution in [3.05, 3.63) is 35.9 Å². The van der Waals surface area contributed by atoms with E-state index in [0.29, 0.717) is 13.0 Å². The highest BCUT2D eigenvalue weighted by atomic mass is 16.5. The van der Waals surface area contributed by atoms with E-state index >= 15 is 0 Å². The summed E-state index contributed by atoms with van der Waals surface area (Å²) in [4.78, 5) is 10.8. The summed E-state index contributed by atoms with van der Waals surface area (Å²) in [5.41, 5.74) is 1.13. The van der Waals surface area contributed by atoms with Crippen LogP contribution in [0, 0.1) is 11.8 Å². The number of carboxylic acids is 1. The zero-order valence-corrected chi connectivity index (χ0v) is 9.85. The van der Waals surface area contributed by atoms with E-state index in [1.54, 1.807) is 6.92 Å². The minimum absolute atomic E-state index is 0.232. The molecule has 1 atom stereocenters. The molecule has 0 saturated carbocycles. The molecular formula is C14H16O3. The van der Waals surface area contributed by atoms with Crippen LogP contribution in [0.25, 0.3) is 0 Å². The van der Waals surface area contributed by atoms with E-state index in [-0.39, 0.29) is 6.42 Å². The van der Waals surface area contributed by atoms with Crippen molar-refractivity contribution in [1.82, 2.24) is 0 Å². The Hall–Kier alpha value is -1.79. The van der Waals surface area contributed by atoms with E-state index in [1.807, 2.05) is 30.3 Å². The largest absolute Gasteiger partial charge is 0.479 e. The van der Waals surface area contributed by atoms with Crippen molar-refractivity contribution in [3.8, 4) is 11.8 Å². The van der Waals surface area contributed by atoms with Crippen LogP contribution in [-0.4, -0.2) is 23.8 Å². The molecule has 90 valence electrons. The number of hydrogen-bond acceptors (Lipinski definition) is 2. The fourth-order valence-electron chi connectivity index (χ4n) is 1.34. The third-order valence-corrected chi connectivity index (χ3v) is 2.19. The fourth-order valence-corrected chi connectivity index (χ4v) is 1.34. The summed E-state index contributed by atoms with van der Waals surface area (Å²) in [6.45, 7) is 2.16. The molecule has 0 aliphatic heterocycles. The van der Waals surface area contributed by atoms with E-state index in [9.17, 15) is 4.79 Å². The highest BCUT2D eigenvalue weighted by Gasteiger charge is 2.15. The van der Waals surface area contributed by atoms with Gasteiger partial charge in [-0.05, 0) is 12.5 Å². The lowest BCUT2D eigenvalue weighted by atomic mass is 10.1. The number of aliphatic carboxylic acids is 1. The number of hydrogen-bond donors (Lipinski definition) is 1. The first-order chi connectivity index (χ1) is 8.24. The highest BCUT2D eigenvalue weighted by molar-refractivity contribution is 5.72. The van der Waals surface area contributed by atoms with Gasteiger partial charge in [-0.1, -0.05) is 42.2 Å². The minimum atomic E-state index is -0.958. The van der Waals surface area contributed by atoms with Crippen LogP contribution < -0.4 is 0 Å². The molecule has 1 unspecified atom stereocenters. The predicted molar refractivity (Wildman–Crippen MR) is 65.6 cm³/mol. The van der Waals surface area contributed by atoms with Gasteiger partial charge in [-0.2, -0.15) is 0 Å². The molecule has 0 radical (unpaired) electrons. The molecule has 0 aromatic heterocycles. The normalized spacial score (nSPS) is 11.4. The standard InChI is InChI=1S/C14H16O3/c1-2-17-13(14(15)16)11-7-6-10-12-8-4-3-5-9-12/h3-5,8-9,13H,2,10-11H2,1H3,(H,15,16). The molecule has 0 fully saturated rings. The molecule has 0 aliphatic carbocycles. The van der Waals surface area contributed by atoms with E-state index < -0.39 is 12.1 Å². The Bertz CT molecular complexity index is 400. The lowest BCUT2D eigenvalue weighted by Crippen LogP contribution is -2.23. The summed E-state index contributed by atoms with van der Waals surface area (Å²) >= 11 is 0. The number of rotatable bonds is 5. The van der Waals surface area contributed by atoms with Crippen molar-refractivity contribution < 1.29 is 14.6 Å². The highest BCUT2D eigenvalue weighted by Crippen LogP contribution is 2.00. The van der Waals surface area contributed by atoms with E-state index in [2.05, 4.69) is 11.8 Å². The second-order valence-electron chi connectivity index (χ2n) is 3.50. The number of ether oxygens (including phenoxy) is 1. The second-order valence-corrected chi connectivity index (χ2v) is 3.50. The van der Waals surface area contributed by atoms with Crippen LogP contribution in [0.15, 0.2) is 30.3 Å². The van der Waals surface area contributed by atoms with Gasteiger partial charge in [0.2, 0.25) is 0 Å². The summed E-state index contributed by atoms with van der Waals surface area (Å²) in [6, 6.07) is 9.85. The van der Waals surface area contributed by atoms with Gasteiger partial charge in [0, 0.05) is 19.4 Å². The molecule has 0 aliphatic rings. The van der Waals surface area contributed by atoms with Gasteiger partial charge in [-0.3, -0.25) is 0 Å². The molecule has 1 N–H and O–H groups in total. The molecule has 0 spiro atoms. The second kappa shape index (κ2) is 7.48. The molecule has 3 heteroatoms. The Morgan fingerprint density at radius 3 is 2.65 bits per heavy atom. The zero-order chi connectivity index (χ0) is 12.5. The quantitative estimate of drug-likeness (QED) is 0.791. The SMILES string of the molecule is CCOC(CC#CCc1ccccc1)C(=O)O. The molecule has 1 aromatic rings. The Kier molecular flexibility index (Phi) is 5.84. The van der Waals surface area contributed by atoms with E-state index in [4.69, 9.17) is 9.84 Å². The van der Waals surface area contributed by atoms with Crippen LogP contribution in [0.4, 0.5) is 0 Å². The van der Waals surface area contributed by atoms with Crippen molar-refractivity contribution >= 4 is 5.97 Å². The first kappa shape index (κ1) is 13.3. The molecule has 17 heavy (non-hydrogen) atoms. The van der Waals surface area contributed by atoms with Gasteiger partial charge in [0.25, 0.3) is 0 Å². The Labute approximate surface area is 101 Å². The molecule has 1 aromatic carbocycles. The molecule has 0 amide bonds. The van der Waals surface area contributed by atoms with Gasteiger partial charge in [-0.15, -0.1) is 0 Å². The topological polar surface area (TPSA) is 46.5 Å². The van der Waals surface area contributed by atoms with Crippen LogP contribution in [-0.2, 0) is 16.0 Å². The van der Waals surface area contributed by atoms with E-state index in [1.165, 1.54) is 0 Å². The summed E-state index contributed by atoms with van der Waals surface area (Å²) in [7, 11) is 0. The maximum atomic E-state index is 10.8. The average Bonchev–Trinajstić information content (AvgIpc) is 2.34. The van der Waals surface area contributed by atoms with Crippen LogP contribution in [0.2, 0.25) is 0 Å². The van der Waals surface area contributed by atoms with Crippen molar-refractivity contribution in [2.24, 2.45) is 0 Å². The molecule has 0 saturated heterocycles. The number of benzene rings is 1. The maximum Gasteiger partial charge on any atom is 0.333 e. The third-order valence-electron chi connectivity index (χ3n) is 2.19. The first-order valence-electron chi connectivity index (χ1n) is 5.58. The van der Waals surface area contributed by atoms with Crippen LogP contribution in [0.3, 0.4) is 0 Å². The molecule has 0 heterocycles. The van der Waals surface area contributed by atoms with Gasteiger partial charge in [0.1, 0.15) is 0 Å². The average molecular weight is 232 g/mol. The maximum absolute atomic E-state index is 10.8. The Morgan fingerprint density at radius 2 is 2.06 bits per heavy atom. The summed E-state index contributed by atoms with van der Waals surface area (Å²) in [6.07, 6.45) is 0.0539. The van der Waals surface area contributed by atoms with E-state index in [0.717, 1.165) is 5.56 Å². The third kappa shape index (κ3) is 5.19. The monoisotopic (exact) mass is 232 g/mol. The van der Waals surface area contributed by atoms with Gasteiger partial charge < -0.3 is 9.84 Å². The molecule has 3 nitrogen and oxygen atoms in total. The lowest BCUT2D eigenvalue weighted by molar-refractivity contribution is -0.149. The summed E-state index contributed by atoms with van der Waals surface area (Å²) in [5, 5.41) is 8.83. The van der Waals surface area contributed by atoms with Gasteiger partial charge >= 0.3 is 5.97 Å². The predicted octanol–water partition coefficient (Wildman–Crippen LogP) is 2.11. The Balaban J connectivity index is 2.42. The molecular weight excluding hydrogens is 216 g/mol. The lowest BCUT2D eigenvalue weighted by Gasteiger charge is -2.07. The van der Waals surface area contributed by atoms with Crippen LogP contribution in [0.5, 0.6) is 0 Å². The fraction of sp³-hybridized carbons (Fsp3) is 0.357. The van der Waals surface area contributed by atoms with Gasteiger partial charge in [-0.25, -0.2) is 4.79 Å². The van der Waals surface area contributed by atoms with Gasteiger partial charge in [0.15, 0.2) is 6.10 Å². The van der Waals surface area contributed by atoms with Crippen molar-refractivity contribution in [2.45, 2.75) is 25.9 Å². The molecule has 1 rings (SSSR count). The smallest absolute Gasteiger partial charge is 0.333 e. The summed E-state index contributed by atoms with van der Waals surface area (Å²) < 4.78 is 5.05. The number of carboxylic acid groups (broad SMARTS) is 1. The first-order valence-corrected chi connectivity index (χ1v) is 5.58. The zero-order valence-electron chi connectivity index (χ0n) is 9.85.